The number of fused-ring (bicyclic) bond motifs is 5. The summed E-state index contributed by atoms with van der Waals surface area (Å²) in [5, 5.41) is 19.7. The molecule has 30 heavy (non-hydrogen) atoms. The number of aliphatic hydroxyl groups is 2. The molecule has 0 aliphatic heterocycles. The standard InChI is InChI=1S/C27H45O2.Pb.H/c1-18(17-28)6-5-7-19(2)23-10-11-24-22-9-8-20-16-21(29)12-14-26(20,3)25(22)13-15-27(23,24)4;;/h8,14,18-19,21-25,28-29H,5-7,9-13,15-17H2,1-4H3;;/t18?,19-,21+,22+,23-,24+,25+,26+,27-;;/m1../s1. The first-order valence-electron chi connectivity index (χ1n) is 13.0. The van der Waals surface area contributed by atoms with Gasteiger partial charge in [0.05, 0.1) is 0 Å². The minimum atomic E-state index is -0.0741. The Morgan fingerprint density at radius 3 is 2.63 bits per heavy atom. The third-order valence-electron chi connectivity index (χ3n) is 10.7. The van der Waals surface area contributed by atoms with E-state index in [0.29, 0.717) is 23.4 Å². The van der Waals surface area contributed by atoms with Crippen LogP contribution >= 0.6 is 0 Å². The van der Waals surface area contributed by atoms with Crippen molar-refractivity contribution >= 4 is 25.8 Å². The molecule has 0 aromatic heterocycles. The molecule has 0 aromatic rings. The summed E-state index contributed by atoms with van der Waals surface area (Å²) >= 11 is 0.975. The summed E-state index contributed by atoms with van der Waals surface area (Å²) in [6, 6.07) is 0. The predicted octanol–water partition coefficient (Wildman–Crippen LogP) is 5.66. The third kappa shape index (κ3) is 3.91. The maximum absolute atomic E-state index is 10.4. The van der Waals surface area contributed by atoms with E-state index in [9.17, 15) is 10.2 Å². The second-order valence-electron chi connectivity index (χ2n) is 12.2. The van der Waals surface area contributed by atoms with Crippen molar-refractivity contribution in [3.8, 4) is 0 Å². The van der Waals surface area contributed by atoms with Gasteiger partial charge < -0.3 is 5.11 Å². The molecule has 2 N–H and O–H groups in total. The molecule has 0 heterocycles. The summed E-state index contributed by atoms with van der Waals surface area (Å²) in [5.74, 6) is 4.86. The van der Waals surface area contributed by atoms with Crippen molar-refractivity contribution in [1.82, 2.24) is 0 Å². The van der Waals surface area contributed by atoms with E-state index in [1.54, 1.807) is 5.57 Å². The summed E-state index contributed by atoms with van der Waals surface area (Å²) in [4.78, 5) is 0. The van der Waals surface area contributed by atoms with Crippen LogP contribution in [-0.4, -0.2) is 48.7 Å². The van der Waals surface area contributed by atoms with Crippen LogP contribution in [0.25, 0.3) is 0 Å². The van der Waals surface area contributed by atoms with Gasteiger partial charge in [0, 0.05) is 6.61 Å². The topological polar surface area (TPSA) is 40.5 Å². The molecule has 3 heteroatoms. The maximum atomic E-state index is 10.4. The van der Waals surface area contributed by atoms with Crippen molar-refractivity contribution in [3.63, 3.8) is 0 Å². The van der Waals surface area contributed by atoms with Crippen molar-refractivity contribution in [2.75, 3.05) is 6.61 Å². The Balaban J connectivity index is 1.48. The number of allylic oxidation sites excluding steroid dienone is 1. The van der Waals surface area contributed by atoms with E-state index in [1.807, 2.05) is 0 Å². The fraction of sp³-hybridized carbons (Fsp3) is 0.926. The van der Waals surface area contributed by atoms with Crippen molar-refractivity contribution in [2.24, 2.45) is 46.3 Å². The molecule has 10 atom stereocenters. The fourth-order valence-corrected chi connectivity index (χ4v) is 11.9. The monoisotopic (exact) mass is 610 g/mol. The van der Waals surface area contributed by atoms with Crippen molar-refractivity contribution < 1.29 is 10.2 Å². The Labute approximate surface area is 201 Å². The SMILES string of the molecule is CC(CO)CCC[C@@H](C)[C@H]1CC[C@H]2[C@@H]3CC=C4C[C@@H](O)C[CH]([PbH])[C@]4(C)[C@H]3CC[C@]12C. The molecule has 0 spiro atoms. The van der Waals surface area contributed by atoms with Gasteiger partial charge >= 0.3 is 183 Å². The van der Waals surface area contributed by atoms with Gasteiger partial charge in [-0.25, -0.2) is 0 Å². The zero-order valence-corrected chi connectivity index (χ0v) is 24.4. The molecule has 3 saturated carbocycles. The molecule has 3 fully saturated rings. The van der Waals surface area contributed by atoms with Crippen LogP contribution in [0.2, 0.25) is 3.48 Å². The molecule has 0 amide bonds. The van der Waals surface area contributed by atoms with Gasteiger partial charge in [-0.1, -0.05) is 6.92 Å². The summed E-state index contributed by atoms with van der Waals surface area (Å²) < 4.78 is 0.772. The number of rotatable bonds is 6. The van der Waals surface area contributed by atoms with E-state index < -0.39 is 0 Å². The predicted molar refractivity (Wildman–Crippen MR) is 127 cm³/mol. The molecule has 0 saturated heterocycles. The van der Waals surface area contributed by atoms with Gasteiger partial charge in [-0.05, 0) is 0 Å². The molecule has 4 aliphatic rings. The Bertz CT molecular complexity index is 647. The molecule has 2 unspecified atom stereocenters. The average molecular weight is 610 g/mol. The molecule has 2 radical (unpaired) electrons. The molecular weight excluding hydrogens is 563 g/mol. The van der Waals surface area contributed by atoms with Gasteiger partial charge in [0.25, 0.3) is 0 Å². The van der Waals surface area contributed by atoms with Crippen LogP contribution in [0.5, 0.6) is 0 Å². The van der Waals surface area contributed by atoms with Gasteiger partial charge in [0.15, 0.2) is 0 Å². The molecule has 0 aromatic carbocycles. The zero-order chi connectivity index (χ0) is 21.7. The summed E-state index contributed by atoms with van der Waals surface area (Å²) in [6.45, 7) is 10.3. The third-order valence-corrected chi connectivity index (χ3v) is 14.5. The van der Waals surface area contributed by atoms with E-state index in [1.165, 1.54) is 51.4 Å². The normalized spacial score (nSPS) is 47.6. The van der Waals surface area contributed by atoms with Crippen LogP contribution in [0, 0.1) is 46.3 Å². The summed E-state index contributed by atoms with van der Waals surface area (Å²) in [7, 11) is 0. The van der Waals surface area contributed by atoms with E-state index in [2.05, 4.69) is 33.8 Å². The molecular formula is C27H46O2Pb. The number of hydrogen-bond donors (Lipinski definition) is 2. The van der Waals surface area contributed by atoms with Gasteiger partial charge in [0.1, 0.15) is 0 Å². The van der Waals surface area contributed by atoms with Gasteiger partial charge in [-0.3, -0.25) is 0 Å². The molecule has 4 aliphatic carbocycles. The Morgan fingerprint density at radius 1 is 1.13 bits per heavy atom. The van der Waals surface area contributed by atoms with E-state index in [4.69, 9.17) is 0 Å². The van der Waals surface area contributed by atoms with Gasteiger partial charge in [-0.2, -0.15) is 0 Å². The number of hydrogen-bond acceptors (Lipinski definition) is 2. The first-order valence-corrected chi connectivity index (χ1v) is 15.5. The van der Waals surface area contributed by atoms with Crippen LogP contribution in [-0.2, 0) is 0 Å². The van der Waals surface area contributed by atoms with Gasteiger partial charge in [0.2, 0.25) is 0 Å². The average Bonchev–Trinajstić information content (AvgIpc) is 3.06. The van der Waals surface area contributed by atoms with Crippen LogP contribution in [0.3, 0.4) is 0 Å². The molecule has 4 rings (SSSR count). The van der Waals surface area contributed by atoms with Crippen LogP contribution in [0.15, 0.2) is 11.6 Å². The Hall–Kier alpha value is 0.582. The molecule has 170 valence electrons. The van der Waals surface area contributed by atoms with E-state index in [0.717, 1.165) is 71.7 Å². The first-order chi connectivity index (χ1) is 14.2. The van der Waals surface area contributed by atoms with E-state index in [-0.39, 0.29) is 6.10 Å². The Kier molecular flexibility index (Phi) is 7.18. The van der Waals surface area contributed by atoms with Crippen LogP contribution in [0.1, 0.15) is 91.9 Å². The first kappa shape index (κ1) is 23.7. The van der Waals surface area contributed by atoms with Crippen LogP contribution < -0.4 is 0 Å². The van der Waals surface area contributed by atoms with Gasteiger partial charge in [-0.15, -0.1) is 0 Å². The van der Waals surface area contributed by atoms with Crippen molar-refractivity contribution in [3.05, 3.63) is 11.6 Å². The number of aliphatic hydroxyl groups excluding tert-OH is 2. The Morgan fingerprint density at radius 2 is 1.90 bits per heavy atom. The second-order valence-corrected chi connectivity index (χ2v) is 15.4. The summed E-state index contributed by atoms with van der Waals surface area (Å²) in [5.41, 5.74) is 2.58. The quantitative estimate of drug-likeness (QED) is 0.302. The van der Waals surface area contributed by atoms with Crippen molar-refractivity contribution in [2.45, 2.75) is 101 Å². The van der Waals surface area contributed by atoms with Crippen molar-refractivity contribution in [1.29, 1.82) is 0 Å². The summed E-state index contributed by atoms with van der Waals surface area (Å²) in [6.07, 6.45) is 15.4. The second kappa shape index (κ2) is 9.08. The molecule has 2 nitrogen and oxygen atoms in total. The molecule has 0 bridgehead atoms. The fourth-order valence-electron chi connectivity index (χ4n) is 8.84. The minimum absolute atomic E-state index is 0.0741. The van der Waals surface area contributed by atoms with E-state index >= 15 is 0 Å². The van der Waals surface area contributed by atoms with Crippen LogP contribution in [0.4, 0.5) is 0 Å². The zero-order valence-electron chi connectivity index (χ0n) is 19.9.